The molecule has 0 aliphatic rings. The van der Waals surface area contributed by atoms with E-state index in [2.05, 4.69) is 4.98 Å². The number of benzene rings is 2. The van der Waals surface area contributed by atoms with Gasteiger partial charge in [0.15, 0.2) is 17.4 Å². The maximum absolute atomic E-state index is 15.2. The van der Waals surface area contributed by atoms with Crippen LogP contribution in [0.25, 0.3) is 0 Å². The van der Waals surface area contributed by atoms with Gasteiger partial charge in [0.05, 0.1) is 31.7 Å². The maximum Gasteiger partial charge on any atom is 0.178 e. The predicted molar refractivity (Wildman–Crippen MR) is 114 cm³/mol. The lowest BCUT2D eigenvalue weighted by molar-refractivity contribution is 0.101. The first-order chi connectivity index (χ1) is 14.4. The molecular formula is C23H24FN3O3. The van der Waals surface area contributed by atoms with Crippen LogP contribution in [-0.2, 0) is 13.1 Å². The Balaban J connectivity index is 1.99. The van der Waals surface area contributed by atoms with Gasteiger partial charge in [0.1, 0.15) is 11.5 Å². The number of pyridine rings is 1. The lowest BCUT2D eigenvalue weighted by atomic mass is 10.1. The average Bonchev–Trinajstić information content (AvgIpc) is 2.74. The van der Waals surface area contributed by atoms with E-state index in [4.69, 9.17) is 15.2 Å². The molecule has 2 aromatic carbocycles. The first-order valence-corrected chi connectivity index (χ1v) is 9.38. The molecule has 0 aliphatic carbocycles. The van der Waals surface area contributed by atoms with E-state index in [9.17, 15) is 4.79 Å². The SMILES string of the molecule is COc1ccc(CN(Cc2ccc(OC)cc2)c2ncc(N)c(C(C)=O)c2F)cc1. The molecule has 0 fully saturated rings. The number of ether oxygens (including phenoxy) is 2. The average molecular weight is 409 g/mol. The molecule has 3 rings (SSSR count). The molecule has 0 saturated heterocycles. The number of anilines is 2. The molecule has 30 heavy (non-hydrogen) atoms. The number of nitrogens with two attached hydrogens (primary N) is 1. The van der Waals surface area contributed by atoms with E-state index in [1.54, 1.807) is 19.1 Å². The van der Waals surface area contributed by atoms with Gasteiger partial charge in [0.2, 0.25) is 0 Å². The number of ketones is 1. The molecule has 0 radical (unpaired) electrons. The molecule has 0 amide bonds. The molecule has 6 nitrogen and oxygen atoms in total. The number of carbonyl (C=O) groups excluding carboxylic acids is 1. The lowest BCUT2D eigenvalue weighted by Gasteiger charge is -2.25. The summed E-state index contributed by atoms with van der Waals surface area (Å²) in [6.45, 7) is 2.04. The van der Waals surface area contributed by atoms with Gasteiger partial charge in [-0.1, -0.05) is 24.3 Å². The maximum atomic E-state index is 15.2. The highest BCUT2D eigenvalue weighted by atomic mass is 19.1. The third-order valence-electron chi connectivity index (χ3n) is 4.75. The molecule has 2 N–H and O–H groups in total. The Morgan fingerprint density at radius 2 is 1.43 bits per heavy atom. The second-order valence-electron chi connectivity index (χ2n) is 6.83. The minimum atomic E-state index is -0.718. The number of hydrogen-bond acceptors (Lipinski definition) is 6. The van der Waals surface area contributed by atoms with Gasteiger partial charge in [0.25, 0.3) is 0 Å². The monoisotopic (exact) mass is 409 g/mol. The molecule has 1 heterocycles. The fourth-order valence-corrected chi connectivity index (χ4v) is 3.18. The summed E-state index contributed by atoms with van der Waals surface area (Å²) in [5, 5.41) is 0. The van der Waals surface area contributed by atoms with Gasteiger partial charge in [-0.25, -0.2) is 9.37 Å². The van der Waals surface area contributed by atoms with Gasteiger partial charge in [-0.3, -0.25) is 4.79 Å². The number of aromatic nitrogens is 1. The number of methoxy groups -OCH3 is 2. The van der Waals surface area contributed by atoms with Crippen LogP contribution in [0.5, 0.6) is 11.5 Å². The van der Waals surface area contributed by atoms with Crippen molar-refractivity contribution >= 4 is 17.3 Å². The smallest absolute Gasteiger partial charge is 0.178 e. The zero-order valence-corrected chi connectivity index (χ0v) is 17.2. The van der Waals surface area contributed by atoms with Crippen molar-refractivity contribution in [1.29, 1.82) is 0 Å². The number of nitrogen functional groups attached to an aromatic ring is 1. The lowest BCUT2D eigenvalue weighted by Crippen LogP contribution is -2.25. The predicted octanol–water partition coefficient (Wildman–Crippen LogP) is 4.23. The van der Waals surface area contributed by atoms with E-state index >= 15 is 4.39 Å². The van der Waals surface area contributed by atoms with Crippen molar-refractivity contribution in [3.63, 3.8) is 0 Å². The molecular weight excluding hydrogens is 385 g/mol. The summed E-state index contributed by atoms with van der Waals surface area (Å²) in [7, 11) is 3.20. The summed E-state index contributed by atoms with van der Waals surface area (Å²) < 4.78 is 25.6. The highest BCUT2D eigenvalue weighted by Gasteiger charge is 2.22. The summed E-state index contributed by atoms with van der Waals surface area (Å²) in [6, 6.07) is 15.0. The topological polar surface area (TPSA) is 77.7 Å². The Morgan fingerprint density at radius 1 is 0.967 bits per heavy atom. The van der Waals surface area contributed by atoms with Crippen LogP contribution in [0, 0.1) is 5.82 Å². The Kier molecular flexibility index (Phi) is 6.51. The Bertz CT molecular complexity index is 972. The number of Topliss-reactive ketones (excluding diaryl/α,β-unsaturated/α-hetero) is 1. The van der Waals surface area contributed by atoms with Crippen LogP contribution < -0.4 is 20.1 Å². The van der Waals surface area contributed by atoms with Gasteiger partial charge in [-0.05, 0) is 42.3 Å². The summed E-state index contributed by atoms with van der Waals surface area (Å²) in [5.74, 6) is 0.375. The van der Waals surface area contributed by atoms with Gasteiger partial charge < -0.3 is 20.1 Å². The number of nitrogens with zero attached hydrogens (tertiary/aromatic N) is 2. The third kappa shape index (κ3) is 4.68. The Hall–Kier alpha value is -3.61. The van der Waals surface area contributed by atoms with Crippen LogP contribution in [0.4, 0.5) is 15.9 Å². The fourth-order valence-electron chi connectivity index (χ4n) is 3.18. The van der Waals surface area contributed by atoms with Crippen molar-refractivity contribution in [1.82, 2.24) is 4.98 Å². The zero-order chi connectivity index (χ0) is 21.7. The number of hydrogen-bond donors (Lipinski definition) is 1. The van der Waals surface area contributed by atoms with Crippen LogP contribution in [0.2, 0.25) is 0 Å². The summed E-state index contributed by atoms with van der Waals surface area (Å²) >= 11 is 0. The highest BCUT2D eigenvalue weighted by molar-refractivity contribution is 6.00. The van der Waals surface area contributed by atoms with E-state index in [0.29, 0.717) is 13.1 Å². The second kappa shape index (κ2) is 9.26. The molecule has 3 aromatic rings. The van der Waals surface area contributed by atoms with E-state index in [0.717, 1.165) is 22.6 Å². The molecule has 0 aliphatic heterocycles. The summed E-state index contributed by atoms with van der Waals surface area (Å²) in [4.78, 5) is 17.9. The van der Waals surface area contributed by atoms with E-state index < -0.39 is 11.6 Å². The molecule has 156 valence electrons. The van der Waals surface area contributed by atoms with Crippen LogP contribution in [0.3, 0.4) is 0 Å². The van der Waals surface area contributed by atoms with Gasteiger partial charge in [-0.2, -0.15) is 0 Å². The minimum Gasteiger partial charge on any atom is -0.497 e. The molecule has 0 unspecified atom stereocenters. The molecule has 0 saturated carbocycles. The van der Waals surface area contributed by atoms with Crippen molar-refractivity contribution in [3.8, 4) is 11.5 Å². The Labute approximate surface area is 175 Å². The third-order valence-corrected chi connectivity index (χ3v) is 4.75. The van der Waals surface area contributed by atoms with E-state index in [-0.39, 0.29) is 17.1 Å². The Morgan fingerprint density at radius 3 is 1.83 bits per heavy atom. The molecule has 7 heteroatoms. The van der Waals surface area contributed by atoms with Crippen molar-refractivity contribution in [2.75, 3.05) is 24.9 Å². The number of rotatable bonds is 8. The van der Waals surface area contributed by atoms with Crippen LogP contribution >= 0.6 is 0 Å². The normalized spacial score (nSPS) is 10.5. The summed E-state index contributed by atoms with van der Waals surface area (Å²) in [6.07, 6.45) is 1.32. The van der Waals surface area contributed by atoms with Crippen molar-refractivity contribution < 1.29 is 18.7 Å². The standard InChI is InChI=1S/C23H24FN3O3/c1-15(28)21-20(25)12-26-23(22(21)24)27(13-16-4-8-18(29-2)9-5-16)14-17-6-10-19(30-3)11-7-17/h4-12H,13-14,25H2,1-3H3. The highest BCUT2D eigenvalue weighted by Crippen LogP contribution is 2.28. The van der Waals surface area contributed by atoms with Crippen molar-refractivity contribution in [2.24, 2.45) is 0 Å². The minimum absolute atomic E-state index is 0.0256. The van der Waals surface area contributed by atoms with Crippen LogP contribution in [0.1, 0.15) is 28.4 Å². The van der Waals surface area contributed by atoms with E-state index in [1.165, 1.54) is 13.1 Å². The molecule has 1 aromatic heterocycles. The second-order valence-corrected chi connectivity index (χ2v) is 6.83. The first kappa shape index (κ1) is 21.1. The summed E-state index contributed by atoms with van der Waals surface area (Å²) in [5.41, 5.74) is 7.55. The molecule has 0 bridgehead atoms. The molecule has 0 atom stereocenters. The van der Waals surface area contributed by atoms with Gasteiger partial charge >= 0.3 is 0 Å². The van der Waals surface area contributed by atoms with Crippen molar-refractivity contribution in [2.45, 2.75) is 20.0 Å². The molecule has 0 spiro atoms. The van der Waals surface area contributed by atoms with Gasteiger partial charge in [-0.15, -0.1) is 0 Å². The van der Waals surface area contributed by atoms with Crippen LogP contribution in [0.15, 0.2) is 54.7 Å². The van der Waals surface area contributed by atoms with Crippen molar-refractivity contribution in [3.05, 3.63) is 77.2 Å². The fraction of sp³-hybridized carbons (Fsp3) is 0.217. The first-order valence-electron chi connectivity index (χ1n) is 9.38. The van der Waals surface area contributed by atoms with E-state index in [1.807, 2.05) is 48.5 Å². The zero-order valence-electron chi connectivity index (χ0n) is 17.2. The quantitative estimate of drug-likeness (QED) is 0.561. The number of carbonyl (C=O) groups is 1. The van der Waals surface area contributed by atoms with Gasteiger partial charge in [0, 0.05) is 13.1 Å². The number of halogens is 1. The largest absolute Gasteiger partial charge is 0.497 e. The van der Waals surface area contributed by atoms with Crippen LogP contribution in [-0.4, -0.2) is 25.0 Å².